The van der Waals surface area contributed by atoms with Crippen LogP contribution in [0.15, 0.2) is 109 Å². The van der Waals surface area contributed by atoms with Gasteiger partial charge in [0.1, 0.15) is 6.61 Å². The molecule has 400 valence electrons. The number of carbonyl (C=O) groups excluding carboxylic acids is 2. The van der Waals surface area contributed by atoms with Gasteiger partial charge < -0.3 is 14.2 Å². The summed E-state index contributed by atoms with van der Waals surface area (Å²) in [7, 11) is 0. The van der Waals surface area contributed by atoms with E-state index in [1.807, 2.05) is 0 Å². The second-order valence-electron chi connectivity index (χ2n) is 19.1. The summed E-state index contributed by atoms with van der Waals surface area (Å²) in [5.41, 5.74) is 0. The lowest BCUT2D eigenvalue weighted by Gasteiger charge is -2.18. The van der Waals surface area contributed by atoms with Gasteiger partial charge in [0.05, 0.1) is 6.61 Å². The number of hydrogen-bond donors (Lipinski definition) is 0. The Hall–Kier alpha value is -3.44. The van der Waals surface area contributed by atoms with Gasteiger partial charge in [-0.2, -0.15) is 0 Å². The fourth-order valence-electron chi connectivity index (χ4n) is 7.97. The summed E-state index contributed by atoms with van der Waals surface area (Å²) in [6.45, 7) is 7.54. The maximum absolute atomic E-state index is 12.9. The van der Waals surface area contributed by atoms with Crippen LogP contribution in [0.2, 0.25) is 0 Å². The number of allylic oxidation sites excluding steroid dienone is 18. The molecule has 0 aromatic rings. The van der Waals surface area contributed by atoms with Gasteiger partial charge in [-0.15, -0.1) is 0 Å². The molecule has 1 atom stereocenters. The smallest absolute Gasteiger partial charge is 0.306 e. The SMILES string of the molecule is CC/C=C\C/C=C\C/C=C\C/C=C\C/C=C\CCCC(=O)OCC(COCCCCCCCCCCCC/C=C\CCCCCCCC)OC(=O)CCCCCCCCC/C=C\C/C=C\C/C=C\CC. The van der Waals surface area contributed by atoms with E-state index < -0.39 is 6.10 Å². The lowest BCUT2D eigenvalue weighted by molar-refractivity contribution is -0.163. The third-order valence-corrected chi connectivity index (χ3v) is 12.3. The fraction of sp³-hybridized carbons (Fsp3) is 0.692. The normalized spacial score (nSPS) is 13.0. The van der Waals surface area contributed by atoms with Crippen molar-refractivity contribution in [3.05, 3.63) is 109 Å². The summed E-state index contributed by atoms with van der Waals surface area (Å²) in [6, 6.07) is 0. The molecule has 0 heterocycles. The zero-order valence-corrected chi connectivity index (χ0v) is 46.0. The lowest BCUT2D eigenvalue weighted by Crippen LogP contribution is -2.30. The van der Waals surface area contributed by atoms with Crippen LogP contribution in [0.5, 0.6) is 0 Å². The second-order valence-corrected chi connectivity index (χ2v) is 19.1. The molecule has 0 radical (unpaired) electrons. The van der Waals surface area contributed by atoms with E-state index in [1.54, 1.807) is 0 Å². The van der Waals surface area contributed by atoms with E-state index in [9.17, 15) is 9.59 Å². The van der Waals surface area contributed by atoms with Gasteiger partial charge in [0, 0.05) is 19.4 Å². The molecular weight excluding hydrogens is 861 g/mol. The van der Waals surface area contributed by atoms with Crippen molar-refractivity contribution in [2.45, 2.75) is 271 Å². The molecule has 0 aromatic carbocycles. The summed E-state index contributed by atoms with van der Waals surface area (Å²) in [6.07, 6.45) is 82.6. The Kier molecular flexibility index (Phi) is 56.9. The second kappa shape index (κ2) is 59.9. The maximum atomic E-state index is 12.9. The molecule has 0 saturated carbocycles. The highest BCUT2D eigenvalue weighted by Gasteiger charge is 2.17. The summed E-state index contributed by atoms with van der Waals surface area (Å²) >= 11 is 0. The summed E-state index contributed by atoms with van der Waals surface area (Å²) in [5.74, 6) is -0.475. The van der Waals surface area contributed by atoms with E-state index in [1.165, 1.54) is 128 Å². The van der Waals surface area contributed by atoms with Crippen LogP contribution in [-0.4, -0.2) is 37.9 Å². The molecule has 0 aliphatic carbocycles. The molecule has 5 nitrogen and oxygen atoms in total. The van der Waals surface area contributed by atoms with Crippen molar-refractivity contribution in [2.24, 2.45) is 0 Å². The zero-order chi connectivity index (χ0) is 50.6. The monoisotopic (exact) mass is 971 g/mol. The Bertz CT molecular complexity index is 1380. The minimum atomic E-state index is -0.573. The number of esters is 2. The lowest BCUT2D eigenvalue weighted by atomic mass is 10.1. The molecule has 70 heavy (non-hydrogen) atoms. The molecular formula is C65H110O5. The third-order valence-electron chi connectivity index (χ3n) is 12.3. The Morgan fingerprint density at radius 3 is 1.09 bits per heavy atom. The van der Waals surface area contributed by atoms with Crippen molar-refractivity contribution >= 4 is 11.9 Å². The van der Waals surface area contributed by atoms with Crippen molar-refractivity contribution in [1.29, 1.82) is 0 Å². The minimum absolute atomic E-state index is 0.0464. The number of rotatable bonds is 53. The average molecular weight is 972 g/mol. The van der Waals surface area contributed by atoms with Crippen molar-refractivity contribution in [3.8, 4) is 0 Å². The van der Waals surface area contributed by atoms with Crippen LogP contribution in [-0.2, 0) is 23.8 Å². The largest absolute Gasteiger partial charge is 0.462 e. The number of carbonyl (C=O) groups is 2. The van der Waals surface area contributed by atoms with E-state index in [0.717, 1.165) is 103 Å². The molecule has 0 saturated heterocycles. The van der Waals surface area contributed by atoms with Crippen LogP contribution >= 0.6 is 0 Å². The van der Waals surface area contributed by atoms with Gasteiger partial charge in [-0.05, 0) is 116 Å². The molecule has 0 fully saturated rings. The highest BCUT2D eigenvalue weighted by Crippen LogP contribution is 2.15. The van der Waals surface area contributed by atoms with Gasteiger partial charge in [0.15, 0.2) is 6.10 Å². The van der Waals surface area contributed by atoms with Crippen molar-refractivity contribution in [1.82, 2.24) is 0 Å². The Balaban J connectivity index is 4.37. The van der Waals surface area contributed by atoms with Gasteiger partial charge in [-0.1, -0.05) is 246 Å². The summed E-state index contributed by atoms with van der Waals surface area (Å²) in [4.78, 5) is 25.5. The highest BCUT2D eigenvalue weighted by molar-refractivity contribution is 5.70. The van der Waals surface area contributed by atoms with Crippen LogP contribution in [0, 0.1) is 0 Å². The molecule has 0 bridgehead atoms. The van der Waals surface area contributed by atoms with E-state index in [0.29, 0.717) is 19.4 Å². The zero-order valence-electron chi connectivity index (χ0n) is 46.0. The van der Waals surface area contributed by atoms with Crippen LogP contribution in [0.25, 0.3) is 0 Å². The molecule has 1 unspecified atom stereocenters. The number of unbranched alkanes of at least 4 members (excludes halogenated alkanes) is 24. The predicted molar refractivity (Wildman–Crippen MR) is 306 cm³/mol. The van der Waals surface area contributed by atoms with Crippen molar-refractivity contribution in [3.63, 3.8) is 0 Å². The summed E-state index contributed by atoms with van der Waals surface area (Å²) in [5, 5.41) is 0. The quantitative estimate of drug-likeness (QED) is 0.0345. The predicted octanol–water partition coefficient (Wildman–Crippen LogP) is 20.3. The Morgan fingerprint density at radius 1 is 0.329 bits per heavy atom. The van der Waals surface area contributed by atoms with E-state index in [4.69, 9.17) is 14.2 Å². The first kappa shape index (κ1) is 66.6. The molecule has 0 aromatic heterocycles. The van der Waals surface area contributed by atoms with Crippen molar-refractivity contribution < 1.29 is 23.8 Å². The van der Waals surface area contributed by atoms with Gasteiger partial charge in [-0.3, -0.25) is 9.59 Å². The number of hydrogen-bond acceptors (Lipinski definition) is 5. The average Bonchev–Trinajstić information content (AvgIpc) is 3.36. The first-order chi connectivity index (χ1) is 34.6. The van der Waals surface area contributed by atoms with Gasteiger partial charge in [-0.25, -0.2) is 0 Å². The first-order valence-electron chi connectivity index (χ1n) is 29.4. The van der Waals surface area contributed by atoms with Gasteiger partial charge >= 0.3 is 11.9 Å². The first-order valence-corrected chi connectivity index (χ1v) is 29.4. The Labute approximate surface area is 434 Å². The minimum Gasteiger partial charge on any atom is -0.462 e. The third kappa shape index (κ3) is 57.1. The van der Waals surface area contributed by atoms with E-state index >= 15 is 0 Å². The van der Waals surface area contributed by atoms with Gasteiger partial charge in [0.2, 0.25) is 0 Å². The van der Waals surface area contributed by atoms with E-state index in [-0.39, 0.29) is 25.2 Å². The molecule has 0 aliphatic rings. The molecule has 0 aliphatic heterocycles. The van der Waals surface area contributed by atoms with Crippen LogP contribution in [0.4, 0.5) is 0 Å². The molecule has 0 amide bonds. The van der Waals surface area contributed by atoms with Crippen molar-refractivity contribution in [2.75, 3.05) is 19.8 Å². The molecule has 5 heteroatoms. The molecule has 0 N–H and O–H groups in total. The Morgan fingerprint density at radius 2 is 0.657 bits per heavy atom. The van der Waals surface area contributed by atoms with Crippen LogP contribution in [0.1, 0.15) is 265 Å². The van der Waals surface area contributed by atoms with E-state index in [2.05, 4.69) is 130 Å². The van der Waals surface area contributed by atoms with Gasteiger partial charge in [0.25, 0.3) is 0 Å². The fourth-order valence-corrected chi connectivity index (χ4v) is 7.97. The standard InChI is InChI=1S/C65H110O5/c1-4-7-10-13-16-19-22-25-28-31-32-33-36-39-42-45-48-51-54-57-60-68-61-63(70-65(67)59-56-53-50-47-44-41-38-35-30-27-24-21-18-15-12-9-6-3)62-69-64(66)58-55-52-49-46-43-40-37-34-29-26-23-20-17-14-11-8-5-2/h8-9,11-12,17-18,20-21,25-30,37,40,46,49,63H,4-7,10,13-16,19,22-24,31-36,38-39,41-45,47-48,50-62H2,1-3H3/b11-8-,12-9-,20-17-,21-18-,28-25-,29-26-,30-27-,40-37-,49-46-. The van der Waals surface area contributed by atoms with Crippen LogP contribution in [0.3, 0.4) is 0 Å². The topological polar surface area (TPSA) is 61.8 Å². The maximum Gasteiger partial charge on any atom is 0.306 e. The van der Waals surface area contributed by atoms with Crippen LogP contribution < -0.4 is 0 Å². The molecule has 0 spiro atoms. The summed E-state index contributed by atoms with van der Waals surface area (Å²) < 4.78 is 17.4. The number of ether oxygens (including phenoxy) is 3. The highest BCUT2D eigenvalue weighted by atomic mass is 16.6. The molecule has 0 rings (SSSR count).